The molecule has 0 saturated heterocycles. The lowest BCUT2D eigenvalue weighted by Gasteiger charge is -2.32. The first-order valence-corrected chi connectivity index (χ1v) is 13.8. The van der Waals surface area contributed by atoms with Crippen LogP contribution in [-0.2, 0) is 26.2 Å². The molecule has 3 aromatic rings. The molecule has 3 rings (SSSR count). The number of rotatable bonds is 9. The zero-order valence-electron chi connectivity index (χ0n) is 20.4. The fraction of sp³-hybridized carbons (Fsp3) is 0.231. The van der Waals surface area contributed by atoms with E-state index in [1.165, 1.54) is 36.2 Å². The molecule has 11 heteroatoms. The van der Waals surface area contributed by atoms with Crippen LogP contribution in [-0.4, -0.2) is 44.8 Å². The highest BCUT2D eigenvalue weighted by atomic mass is 35.5. The number of aryl methyl sites for hydroxylation is 1. The van der Waals surface area contributed by atoms with Crippen LogP contribution < -0.4 is 9.62 Å². The minimum Gasteiger partial charge on any atom is -0.357 e. The molecular weight excluding hydrogens is 557 g/mol. The van der Waals surface area contributed by atoms with Gasteiger partial charge in [-0.3, -0.25) is 13.9 Å². The maximum atomic E-state index is 13.8. The number of sulfonamides is 1. The van der Waals surface area contributed by atoms with Gasteiger partial charge in [0.15, 0.2) is 0 Å². The number of nitrogens with zero attached hydrogens (tertiary/aromatic N) is 2. The van der Waals surface area contributed by atoms with Crippen molar-refractivity contribution in [1.82, 2.24) is 10.2 Å². The number of hydrogen-bond acceptors (Lipinski definition) is 4. The third kappa shape index (κ3) is 6.57. The Labute approximate surface area is 232 Å². The van der Waals surface area contributed by atoms with Crippen LogP contribution in [0.15, 0.2) is 71.6 Å². The Morgan fingerprint density at radius 2 is 1.54 bits per heavy atom. The molecular formula is C26H26Cl3N3O4S. The second-order valence-electron chi connectivity index (χ2n) is 8.30. The first kappa shape index (κ1) is 28.8. The van der Waals surface area contributed by atoms with Crippen molar-refractivity contribution in [2.75, 3.05) is 17.9 Å². The molecule has 37 heavy (non-hydrogen) atoms. The van der Waals surface area contributed by atoms with Crippen molar-refractivity contribution in [1.29, 1.82) is 0 Å². The summed E-state index contributed by atoms with van der Waals surface area (Å²) < 4.78 is 28.5. The topological polar surface area (TPSA) is 86.8 Å². The van der Waals surface area contributed by atoms with E-state index in [0.717, 1.165) is 9.87 Å². The highest BCUT2D eigenvalue weighted by molar-refractivity contribution is 7.92. The van der Waals surface area contributed by atoms with Crippen LogP contribution in [0.5, 0.6) is 0 Å². The van der Waals surface area contributed by atoms with E-state index in [2.05, 4.69) is 5.32 Å². The molecule has 7 nitrogen and oxygen atoms in total. The smallest absolute Gasteiger partial charge is 0.264 e. The summed E-state index contributed by atoms with van der Waals surface area (Å²) in [5.74, 6) is -1.06. The summed E-state index contributed by atoms with van der Waals surface area (Å²) in [6, 6.07) is 16.7. The molecule has 0 fully saturated rings. The number of halogens is 3. The average molecular weight is 583 g/mol. The lowest BCUT2D eigenvalue weighted by atomic mass is 10.1. The van der Waals surface area contributed by atoms with Crippen LogP contribution in [0, 0.1) is 6.92 Å². The second-order valence-corrected chi connectivity index (χ2v) is 11.4. The summed E-state index contributed by atoms with van der Waals surface area (Å²) in [6.07, 6.45) is 0. The second kappa shape index (κ2) is 12.2. The molecule has 0 aliphatic rings. The van der Waals surface area contributed by atoms with Crippen LogP contribution in [0.2, 0.25) is 15.1 Å². The highest BCUT2D eigenvalue weighted by Gasteiger charge is 2.33. The summed E-state index contributed by atoms with van der Waals surface area (Å²) in [5.41, 5.74) is 1.50. The number of carbonyl (C=O) groups excluding carboxylic acids is 2. The van der Waals surface area contributed by atoms with Crippen LogP contribution >= 0.6 is 34.8 Å². The maximum Gasteiger partial charge on any atom is 0.264 e. The molecule has 1 N–H and O–H groups in total. The van der Waals surface area contributed by atoms with Gasteiger partial charge in [0, 0.05) is 18.6 Å². The van der Waals surface area contributed by atoms with Crippen molar-refractivity contribution in [3.05, 3.63) is 92.9 Å². The molecule has 1 atom stereocenters. The third-order valence-corrected chi connectivity index (χ3v) is 8.75. The fourth-order valence-corrected chi connectivity index (χ4v) is 5.71. The summed E-state index contributed by atoms with van der Waals surface area (Å²) in [5, 5.41) is 3.04. The molecule has 0 aliphatic carbocycles. The number of benzene rings is 3. The van der Waals surface area contributed by atoms with Crippen LogP contribution in [0.25, 0.3) is 0 Å². The van der Waals surface area contributed by atoms with Gasteiger partial charge < -0.3 is 10.2 Å². The normalized spacial score (nSPS) is 12.1. The molecule has 2 amide bonds. The van der Waals surface area contributed by atoms with Gasteiger partial charge >= 0.3 is 0 Å². The van der Waals surface area contributed by atoms with Gasteiger partial charge in [-0.25, -0.2) is 8.42 Å². The van der Waals surface area contributed by atoms with Crippen molar-refractivity contribution < 1.29 is 18.0 Å². The van der Waals surface area contributed by atoms with E-state index in [9.17, 15) is 18.0 Å². The molecule has 0 bridgehead atoms. The molecule has 196 valence electrons. The van der Waals surface area contributed by atoms with Gasteiger partial charge in [0.2, 0.25) is 11.8 Å². The summed E-state index contributed by atoms with van der Waals surface area (Å²) in [7, 11) is -2.80. The number of anilines is 1. The largest absolute Gasteiger partial charge is 0.357 e. The number of carbonyl (C=O) groups is 2. The monoisotopic (exact) mass is 581 g/mol. The Morgan fingerprint density at radius 1 is 0.919 bits per heavy atom. The quantitative estimate of drug-likeness (QED) is 0.370. The predicted molar refractivity (Wildman–Crippen MR) is 148 cm³/mol. The fourth-order valence-electron chi connectivity index (χ4n) is 3.64. The number of amides is 2. The Bertz CT molecular complexity index is 1400. The van der Waals surface area contributed by atoms with Gasteiger partial charge in [0.05, 0.1) is 20.6 Å². The predicted octanol–water partition coefficient (Wildman–Crippen LogP) is 5.31. The molecule has 1 unspecified atom stereocenters. The van der Waals surface area contributed by atoms with E-state index in [1.54, 1.807) is 49.4 Å². The van der Waals surface area contributed by atoms with Gasteiger partial charge in [-0.05, 0) is 49.7 Å². The third-order valence-electron chi connectivity index (χ3n) is 5.80. The molecule has 3 aromatic carbocycles. The first-order valence-electron chi connectivity index (χ1n) is 11.2. The van der Waals surface area contributed by atoms with E-state index in [-0.39, 0.29) is 27.2 Å². The molecule has 0 heterocycles. The molecule has 0 spiro atoms. The van der Waals surface area contributed by atoms with Crippen molar-refractivity contribution in [3.63, 3.8) is 0 Å². The maximum absolute atomic E-state index is 13.8. The SMILES string of the molecule is CNC(=O)C(C)N(Cc1ccccc1Cl)C(=O)CN(c1cccc(Cl)c1Cl)S(=O)(=O)c1ccc(C)cc1. The van der Waals surface area contributed by atoms with Crippen molar-refractivity contribution in [2.24, 2.45) is 0 Å². The zero-order valence-corrected chi connectivity index (χ0v) is 23.5. The number of hydrogen-bond donors (Lipinski definition) is 1. The van der Waals surface area contributed by atoms with E-state index >= 15 is 0 Å². The van der Waals surface area contributed by atoms with Gasteiger partial charge in [-0.1, -0.05) is 76.8 Å². The Hall–Kier alpha value is -2.78. The highest BCUT2D eigenvalue weighted by Crippen LogP contribution is 2.35. The van der Waals surface area contributed by atoms with E-state index in [4.69, 9.17) is 34.8 Å². The van der Waals surface area contributed by atoms with Gasteiger partial charge in [0.25, 0.3) is 10.0 Å². The summed E-state index contributed by atoms with van der Waals surface area (Å²) in [4.78, 5) is 27.5. The Morgan fingerprint density at radius 3 is 2.16 bits per heavy atom. The van der Waals surface area contributed by atoms with Crippen LogP contribution in [0.3, 0.4) is 0 Å². The minimum atomic E-state index is -4.26. The zero-order chi connectivity index (χ0) is 27.3. The first-order chi connectivity index (χ1) is 17.5. The van der Waals surface area contributed by atoms with Gasteiger partial charge in [0.1, 0.15) is 12.6 Å². The summed E-state index contributed by atoms with van der Waals surface area (Å²) in [6.45, 7) is 2.73. The average Bonchev–Trinajstić information content (AvgIpc) is 2.87. The molecule has 0 saturated carbocycles. The van der Waals surface area contributed by atoms with Crippen LogP contribution in [0.1, 0.15) is 18.1 Å². The van der Waals surface area contributed by atoms with Crippen LogP contribution in [0.4, 0.5) is 5.69 Å². The lowest BCUT2D eigenvalue weighted by Crippen LogP contribution is -2.50. The van der Waals surface area contributed by atoms with E-state index < -0.39 is 34.4 Å². The molecule has 0 aromatic heterocycles. The van der Waals surface area contributed by atoms with Gasteiger partial charge in [-0.15, -0.1) is 0 Å². The molecule has 0 radical (unpaired) electrons. The number of likely N-dealkylation sites (N-methyl/N-ethyl adjacent to an activating group) is 1. The Balaban J connectivity index is 2.09. The van der Waals surface area contributed by atoms with Crippen molar-refractivity contribution >= 4 is 62.3 Å². The van der Waals surface area contributed by atoms with E-state index in [0.29, 0.717) is 10.6 Å². The molecule has 0 aliphatic heterocycles. The number of nitrogens with one attached hydrogen (secondary N) is 1. The Kier molecular flexibility index (Phi) is 9.47. The summed E-state index contributed by atoms with van der Waals surface area (Å²) >= 11 is 18.9. The minimum absolute atomic E-state index is 0.0191. The lowest BCUT2D eigenvalue weighted by molar-refractivity contribution is -0.139. The van der Waals surface area contributed by atoms with Crippen molar-refractivity contribution in [3.8, 4) is 0 Å². The van der Waals surface area contributed by atoms with E-state index in [1.807, 2.05) is 6.92 Å². The van der Waals surface area contributed by atoms with Gasteiger partial charge in [-0.2, -0.15) is 0 Å². The van der Waals surface area contributed by atoms with Crippen molar-refractivity contribution in [2.45, 2.75) is 31.3 Å². The standard InChI is InChI=1S/C26H26Cl3N3O4S/c1-17-11-13-20(14-12-17)37(35,36)32(23-10-6-9-22(28)25(23)29)16-24(33)31(18(2)26(34)30-3)15-19-7-4-5-8-21(19)27/h4-14,18H,15-16H2,1-3H3,(H,30,34).